The van der Waals surface area contributed by atoms with Crippen molar-refractivity contribution >= 4 is 5.91 Å². The molecule has 0 N–H and O–H groups in total. The van der Waals surface area contributed by atoms with Crippen molar-refractivity contribution in [1.29, 1.82) is 0 Å². The van der Waals surface area contributed by atoms with E-state index in [4.69, 9.17) is 0 Å². The Labute approximate surface area is 139 Å². The highest BCUT2D eigenvalue weighted by Gasteiger charge is 2.21. The number of hydrogen-bond acceptors (Lipinski definition) is 2. The summed E-state index contributed by atoms with van der Waals surface area (Å²) >= 11 is 0. The molecule has 0 aliphatic rings. The smallest absolute Gasteiger partial charge is 0.257 e. The van der Waals surface area contributed by atoms with Gasteiger partial charge in [-0.2, -0.15) is 5.10 Å². The number of hydrogen-bond donors (Lipinski definition) is 0. The molecule has 0 spiro atoms. The highest BCUT2D eigenvalue weighted by atomic mass is 16.2. The van der Waals surface area contributed by atoms with Crippen molar-refractivity contribution in [1.82, 2.24) is 14.7 Å². The monoisotopic (exact) mass is 313 g/mol. The molecule has 4 nitrogen and oxygen atoms in total. The molecule has 1 amide bonds. The third-order valence-electron chi connectivity index (χ3n) is 3.96. The van der Waals surface area contributed by atoms with Crippen molar-refractivity contribution in [2.45, 2.75) is 46.6 Å². The lowest BCUT2D eigenvalue weighted by atomic mass is 10.1. The van der Waals surface area contributed by atoms with Gasteiger partial charge in [0.15, 0.2) is 0 Å². The van der Waals surface area contributed by atoms with Gasteiger partial charge in [-0.25, -0.2) is 0 Å². The minimum Gasteiger partial charge on any atom is -0.339 e. The fourth-order valence-corrected chi connectivity index (χ4v) is 2.88. The van der Waals surface area contributed by atoms with Gasteiger partial charge in [0.2, 0.25) is 0 Å². The molecule has 0 bridgehead atoms. The molecule has 1 aromatic heterocycles. The molecule has 1 heterocycles. The van der Waals surface area contributed by atoms with Gasteiger partial charge in [-0.05, 0) is 24.8 Å². The van der Waals surface area contributed by atoms with Gasteiger partial charge >= 0.3 is 0 Å². The van der Waals surface area contributed by atoms with Crippen LogP contribution in [0.25, 0.3) is 0 Å². The van der Waals surface area contributed by atoms with Crippen LogP contribution in [0.3, 0.4) is 0 Å². The SMILES string of the molecule is CCCN(CCC)C(=O)c1cnn(Cc2ccccc2)c1CC. The maximum atomic E-state index is 12.8. The molecule has 1 aromatic carbocycles. The van der Waals surface area contributed by atoms with Crippen LogP contribution in [0.2, 0.25) is 0 Å². The first-order valence-corrected chi connectivity index (χ1v) is 8.59. The lowest BCUT2D eigenvalue weighted by molar-refractivity contribution is 0.0754. The van der Waals surface area contributed by atoms with E-state index in [1.807, 2.05) is 27.8 Å². The lowest BCUT2D eigenvalue weighted by Gasteiger charge is -2.21. The van der Waals surface area contributed by atoms with E-state index in [2.05, 4.69) is 38.0 Å². The zero-order chi connectivity index (χ0) is 16.7. The average molecular weight is 313 g/mol. The molecular formula is C19H27N3O. The number of carbonyl (C=O) groups is 1. The van der Waals surface area contributed by atoms with E-state index in [-0.39, 0.29) is 5.91 Å². The standard InChI is InChI=1S/C19H27N3O/c1-4-12-21(13-5-2)19(23)17-14-20-22(18(17)6-3)15-16-10-8-7-9-11-16/h7-11,14H,4-6,12-13,15H2,1-3H3. The molecule has 4 heteroatoms. The molecule has 0 atom stereocenters. The van der Waals surface area contributed by atoms with Crippen LogP contribution < -0.4 is 0 Å². The average Bonchev–Trinajstić information content (AvgIpc) is 2.97. The molecule has 0 radical (unpaired) electrons. The number of amides is 1. The van der Waals surface area contributed by atoms with E-state index in [1.165, 1.54) is 5.56 Å². The quantitative estimate of drug-likeness (QED) is 0.744. The van der Waals surface area contributed by atoms with E-state index < -0.39 is 0 Å². The second kappa shape index (κ2) is 8.51. The molecule has 2 rings (SSSR count). The summed E-state index contributed by atoms with van der Waals surface area (Å²) in [5.74, 6) is 0.116. The van der Waals surface area contributed by atoms with Crippen LogP contribution in [0.4, 0.5) is 0 Å². The summed E-state index contributed by atoms with van der Waals surface area (Å²) in [6, 6.07) is 10.2. The van der Waals surface area contributed by atoms with Crippen molar-refractivity contribution < 1.29 is 4.79 Å². The Morgan fingerprint density at radius 2 is 1.74 bits per heavy atom. The first kappa shape index (κ1) is 17.3. The minimum absolute atomic E-state index is 0.116. The lowest BCUT2D eigenvalue weighted by Crippen LogP contribution is -2.33. The van der Waals surface area contributed by atoms with Crippen LogP contribution in [-0.2, 0) is 13.0 Å². The van der Waals surface area contributed by atoms with E-state index in [1.54, 1.807) is 6.20 Å². The second-order valence-corrected chi connectivity index (χ2v) is 5.79. The van der Waals surface area contributed by atoms with Crippen molar-refractivity contribution in [3.05, 3.63) is 53.3 Å². The molecule has 0 aliphatic heterocycles. The highest BCUT2D eigenvalue weighted by Crippen LogP contribution is 2.15. The van der Waals surface area contributed by atoms with E-state index in [0.29, 0.717) is 6.54 Å². The molecule has 0 fully saturated rings. The number of nitrogens with zero attached hydrogens (tertiary/aromatic N) is 3. The van der Waals surface area contributed by atoms with Gasteiger partial charge in [0.25, 0.3) is 5.91 Å². The Morgan fingerprint density at radius 1 is 1.09 bits per heavy atom. The predicted octanol–water partition coefficient (Wildman–Crippen LogP) is 3.76. The molecule has 0 aliphatic carbocycles. The molecule has 0 unspecified atom stereocenters. The Bertz CT molecular complexity index is 613. The Morgan fingerprint density at radius 3 is 2.30 bits per heavy atom. The maximum absolute atomic E-state index is 12.8. The van der Waals surface area contributed by atoms with Crippen LogP contribution in [0.15, 0.2) is 36.5 Å². The fraction of sp³-hybridized carbons (Fsp3) is 0.474. The molecule has 2 aromatic rings. The molecule has 23 heavy (non-hydrogen) atoms. The zero-order valence-corrected chi connectivity index (χ0v) is 14.5. The third-order valence-corrected chi connectivity index (χ3v) is 3.96. The van der Waals surface area contributed by atoms with Crippen LogP contribution in [-0.4, -0.2) is 33.7 Å². The number of aromatic nitrogens is 2. The highest BCUT2D eigenvalue weighted by molar-refractivity contribution is 5.95. The van der Waals surface area contributed by atoms with Crippen LogP contribution in [0.1, 0.15) is 55.2 Å². The summed E-state index contributed by atoms with van der Waals surface area (Å²) in [6.45, 7) is 8.61. The van der Waals surface area contributed by atoms with Crippen LogP contribution in [0, 0.1) is 0 Å². The van der Waals surface area contributed by atoms with Gasteiger partial charge in [0.05, 0.1) is 24.0 Å². The van der Waals surface area contributed by atoms with Gasteiger partial charge in [-0.3, -0.25) is 9.48 Å². The van der Waals surface area contributed by atoms with Crippen LogP contribution in [0.5, 0.6) is 0 Å². The normalized spacial score (nSPS) is 10.7. The molecular weight excluding hydrogens is 286 g/mol. The molecule has 0 saturated heterocycles. The predicted molar refractivity (Wildman–Crippen MR) is 93.6 cm³/mol. The van der Waals surface area contributed by atoms with Crippen molar-refractivity contribution in [2.75, 3.05) is 13.1 Å². The number of benzene rings is 1. The summed E-state index contributed by atoms with van der Waals surface area (Å²) in [7, 11) is 0. The minimum atomic E-state index is 0.116. The topological polar surface area (TPSA) is 38.1 Å². The van der Waals surface area contributed by atoms with Crippen LogP contribution >= 0.6 is 0 Å². The van der Waals surface area contributed by atoms with Gasteiger partial charge in [0, 0.05) is 13.1 Å². The fourth-order valence-electron chi connectivity index (χ4n) is 2.88. The Hall–Kier alpha value is -2.10. The van der Waals surface area contributed by atoms with Gasteiger partial charge in [-0.1, -0.05) is 51.1 Å². The second-order valence-electron chi connectivity index (χ2n) is 5.79. The summed E-state index contributed by atoms with van der Waals surface area (Å²) in [4.78, 5) is 14.8. The largest absolute Gasteiger partial charge is 0.339 e. The summed E-state index contributed by atoms with van der Waals surface area (Å²) in [5.41, 5.74) is 2.98. The van der Waals surface area contributed by atoms with Gasteiger partial charge in [0.1, 0.15) is 0 Å². The van der Waals surface area contributed by atoms with E-state index in [0.717, 1.165) is 43.6 Å². The summed E-state index contributed by atoms with van der Waals surface area (Å²) < 4.78 is 1.96. The Balaban J connectivity index is 2.24. The molecule has 124 valence electrons. The maximum Gasteiger partial charge on any atom is 0.257 e. The van der Waals surface area contributed by atoms with Gasteiger partial charge < -0.3 is 4.90 Å². The first-order valence-electron chi connectivity index (χ1n) is 8.59. The van der Waals surface area contributed by atoms with E-state index >= 15 is 0 Å². The van der Waals surface area contributed by atoms with Crippen molar-refractivity contribution in [3.63, 3.8) is 0 Å². The summed E-state index contributed by atoms with van der Waals surface area (Å²) in [6.07, 6.45) is 4.50. The van der Waals surface area contributed by atoms with Crippen molar-refractivity contribution in [3.8, 4) is 0 Å². The first-order chi connectivity index (χ1) is 11.2. The zero-order valence-electron chi connectivity index (χ0n) is 14.5. The Kier molecular flexibility index (Phi) is 6.39. The summed E-state index contributed by atoms with van der Waals surface area (Å²) in [5, 5.41) is 4.48. The number of rotatable bonds is 8. The van der Waals surface area contributed by atoms with Gasteiger partial charge in [-0.15, -0.1) is 0 Å². The van der Waals surface area contributed by atoms with Crippen molar-refractivity contribution in [2.24, 2.45) is 0 Å². The number of carbonyl (C=O) groups excluding carboxylic acids is 1. The third kappa shape index (κ3) is 4.21. The van der Waals surface area contributed by atoms with E-state index in [9.17, 15) is 4.79 Å². The molecule has 0 saturated carbocycles.